The zero-order valence-corrected chi connectivity index (χ0v) is 19.9. The standard InChI is InChI=1S/C16H14B2ClN5O8S2/c1-5(15(27)30-17)32-22-8(11-20-6(2)33-23-11)12(25)21-9-13(26)24-10(16(28)31-18)7(3-19)4-34(29)14(9)24/h5,9,14H,3-4H2,1-2H3,(H,21,25)/b22-8-/t5-,9-,14-,34?/m1/s1. The Balaban J connectivity index is 1.86. The maximum atomic E-state index is 13.0. The van der Waals surface area contributed by atoms with Crippen LogP contribution in [0.1, 0.15) is 17.8 Å². The molecule has 0 spiro atoms. The summed E-state index contributed by atoms with van der Waals surface area (Å²) in [7, 11) is 8.03. The number of nitrogens with zero attached hydrogens (tertiary/aromatic N) is 4. The Labute approximate surface area is 206 Å². The molecule has 34 heavy (non-hydrogen) atoms. The molecule has 0 saturated carbocycles. The zero-order chi connectivity index (χ0) is 25.2. The summed E-state index contributed by atoms with van der Waals surface area (Å²) in [4.78, 5) is 59.3. The lowest BCUT2D eigenvalue weighted by Crippen LogP contribution is -2.74. The molecule has 1 saturated heterocycles. The number of hydrogen-bond acceptors (Lipinski definition) is 12. The van der Waals surface area contributed by atoms with Gasteiger partial charge >= 0.3 is 28.0 Å². The molecule has 18 heteroatoms. The summed E-state index contributed by atoms with van der Waals surface area (Å²) >= 11 is 6.79. The SMILES string of the molecule is [B]OC(=O)C1=C(CCl)CS(=O)[C@@H]2[C@H](NC(=O)/C(=N\O[C@H](C)C(=O)O[B])c3nsc(C)n3)C(=O)N12. The number of carbonyl (C=O) groups is 4. The predicted octanol–water partition coefficient (Wildman–Crippen LogP) is -1.88. The van der Waals surface area contributed by atoms with E-state index in [1.54, 1.807) is 6.92 Å². The van der Waals surface area contributed by atoms with Crippen LogP contribution in [0.2, 0.25) is 0 Å². The number of aryl methyl sites for hydroxylation is 1. The lowest BCUT2D eigenvalue weighted by molar-refractivity contribution is -0.149. The third-order valence-electron chi connectivity index (χ3n) is 4.66. The number of rotatable bonds is 8. The van der Waals surface area contributed by atoms with E-state index in [4.69, 9.17) is 32.5 Å². The largest absolute Gasteiger partial charge is 0.541 e. The van der Waals surface area contributed by atoms with Crippen LogP contribution in [0, 0.1) is 6.92 Å². The number of carbonyl (C=O) groups excluding carboxylic acids is 4. The Kier molecular flexibility index (Phi) is 8.09. The maximum Gasteiger partial charge on any atom is 0.378 e. The monoisotopic (exact) mass is 525 g/mol. The first kappa shape index (κ1) is 25.8. The highest BCUT2D eigenvalue weighted by molar-refractivity contribution is 7.86. The van der Waals surface area contributed by atoms with Crippen molar-refractivity contribution in [2.75, 3.05) is 11.6 Å². The molecule has 3 rings (SSSR count). The van der Waals surface area contributed by atoms with E-state index in [-0.39, 0.29) is 28.7 Å². The van der Waals surface area contributed by atoms with Gasteiger partial charge in [-0.05, 0) is 31.0 Å². The van der Waals surface area contributed by atoms with Crippen LogP contribution in [0.4, 0.5) is 0 Å². The van der Waals surface area contributed by atoms with Crippen LogP contribution < -0.4 is 5.32 Å². The van der Waals surface area contributed by atoms with Crippen LogP contribution in [0.25, 0.3) is 0 Å². The molecular formula is C16H14B2ClN5O8S2. The summed E-state index contributed by atoms with van der Waals surface area (Å²) in [6, 6.07) is -1.29. The van der Waals surface area contributed by atoms with E-state index in [9.17, 15) is 23.4 Å². The maximum absolute atomic E-state index is 13.0. The molecule has 2 aliphatic rings. The van der Waals surface area contributed by atoms with Gasteiger partial charge in [0.15, 0.2) is 0 Å². The van der Waals surface area contributed by atoms with Gasteiger partial charge < -0.3 is 19.5 Å². The lowest BCUT2D eigenvalue weighted by Gasteiger charge is -2.49. The van der Waals surface area contributed by atoms with Gasteiger partial charge in [0.05, 0.1) is 16.6 Å². The molecule has 0 aromatic carbocycles. The molecule has 0 aliphatic carbocycles. The summed E-state index contributed by atoms with van der Waals surface area (Å²) < 4.78 is 25.0. The summed E-state index contributed by atoms with van der Waals surface area (Å²) in [6.07, 6.45) is -1.27. The topological polar surface area (TPSA) is 166 Å². The highest BCUT2D eigenvalue weighted by Gasteiger charge is 2.57. The Morgan fingerprint density at radius 3 is 2.65 bits per heavy atom. The van der Waals surface area contributed by atoms with E-state index >= 15 is 0 Å². The molecule has 4 radical (unpaired) electrons. The van der Waals surface area contributed by atoms with Crippen molar-refractivity contribution in [2.24, 2.45) is 5.16 Å². The van der Waals surface area contributed by atoms with Crippen LogP contribution in [0.15, 0.2) is 16.4 Å². The highest BCUT2D eigenvalue weighted by atomic mass is 35.5. The second kappa shape index (κ2) is 10.7. The Morgan fingerprint density at radius 2 is 2.09 bits per heavy atom. The number of fused-ring (bicyclic) bond motifs is 1. The van der Waals surface area contributed by atoms with E-state index in [0.29, 0.717) is 5.01 Å². The Bertz CT molecular complexity index is 1130. The molecule has 176 valence electrons. The Hall–Kier alpha value is -2.78. The molecule has 13 nitrogen and oxygen atoms in total. The van der Waals surface area contributed by atoms with Crippen LogP contribution in [-0.4, -0.2) is 93.2 Å². The predicted molar refractivity (Wildman–Crippen MR) is 119 cm³/mol. The molecule has 4 atom stereocenters. The zero-order valence-electron chi connectivity index (χ0n) is 17.6. The third kappa shape index (κ3) is 4.86. The second-order valence-electron chi connectivity index (χ2n) is 6.83. The van der Waals surface area contributed by atoms with Crippen molar-refractivity contribution in [3.63, 3.8) is 0 Å². The van der Waals surface area contributed by atoms with Gasteiger partial charge in [-0.25, -0.2) is 14.6 Å². The van der Waals surface area contributed by atoms with Crippen LogP contribution >= 0.6 is 23.1 Å². The van der Waals surface area contributed by atoms with E-state index in [1.807, 2.05) is 0 Å². The fraction of sp³-hybridized carbons (Fsp3) is 0.438. The number of nitrogens with one attached hydrogen (secondary N) is 1. The van der Waals surface area contributed by atoms with Crippen molar-refractivity contribution in [2.45, 2.75) is 31.4 Å². The fourth-order valence-corrected chi connectivity index (χ4v) is 5.55. The van der Waals surface area contributed by atoms with Gasteiger partial charge in [0.1, 0.15) is 22.1 Å². The van der Waals surface area contributed by atoms with E-state index < -0.39 is 57.8 Å². The van der Waals surface area contributed by atoms with Crippen molar-refractivity contribution in [3.8, 4) is 0 Å². The number of amides is 2. The summed E-state index contributed by atoms with van der Waals surface area (Å²) in [5, 5.41) is 5.43. The minimum atomic E-state index is -1.71. The molecule has 1 aromatic rings. The van der Waals surface area contributed by atoms with Gasteiger partial charge in [-0.2, -0.15) is 4.37 Å². The van der Waals surface area contributed by atoms with Crippen molar-refractivity contribution in [3.05, 3.63) is 22.1 Å². The van der Waals surface area contributed by atoms with Crippen LogP contribution in [0.3, 0.4) is 0 Å². The normalized spacial score (nSPS) is 22.9. The van der Waals surface area contributed by atoms with Gasteiger partial charge in [-0.15, -0.1) is 11.6 Å². The number of oxime groups is 1. The quantitative estimate of drug-likeness (QED) is 0.133. The first-order valence-electron chi connectivity index (χ1n) is 9.29. The van der Waals surface area contributed by atoms with Crippen LogP contribution in [-0.2, 0) is 44.1 Å². The fourth-order valence-electron chi connectivity index (χ4n) is 3.06. The van der Waals surface area contributed by atoms with Crippen molar-refractivity contribution in [1.82, 2.24) is 19.6 Å². The molecule has 2 aliphatic heterocycles. The van der Waals surface area contributed by atoms with Gasteiger partial charge in [-0.1, -0.05) is 5.16 Å². The van der Waals surface area contributed by atoms with Crippen molar-refractivity contribution in [1.29, 1.82) is 0 Å². The minimum Gasteiger partial charge on any atom is -0.541 e. The van der Waals surface area contributed by atoms with Crippen molar-refractivity contribution < 1.29 is 37.5 Å². The number of alkyl halides is 1. The molecule has 0 bridgehead atoms. The van der Waals surface area contributed by atoms with Gasteiger partial charge in [0, 0.05) is 5.88 Å². The van der Waals surface area contributed by atoms with Gasteiger partial charge in [-0.3, -0.25) is 18.7 Å². The number of β-lactam (4-membered cyclic amide) rings is 1. The van der Waals surface area contributed by atoms with Gasteiger partial charge in [0.2, 0.25) is 17.6 Å². The summed E-state index contributed by atoms with van der Waals surface area (Å²) in [5.41, 5.74) is -0.475. The first-order valence-corrected chi connectivity index (χ1v) is 12.0. The number of halogens is 1. The van der Waals surface area contributed by atoms with Gasteiger partial charge in [0.25, 0.3) is 11.8 Å². The van der Waals surface area contributed by atoms with E-state index in [2.05, 4.69) is 29.1 Å². The average molecular weight is 526 g/mol. The smallest absolute Gasteiger partial charge is 0.378 e. The second-order valence-corrected chi connectivity index (χ2v) is 9.58. The molecule has 2 amide bonds. The van der Waals surface area contributed by atoms with Crippen molar-refractivity contribution >= 4 is 79.5 Å². The lowest BCUT2D eigenvalue weighted by atomic mass is 10.0. The average Bonchev–Trinajstić information content (AvgIpc) is 3.26. The number of hydrogen-bond donors (Lipinski definition) is 1. The summed E-state index contributed by atoms with van der Waals surface area (Å²) in [5.74, 6) is -4.17. The summed E-state index contributed by atoms with van der Waals surface area (Å²) in [6.45, 7) is 2.90. The molecule has 1 aromatic heterocycles. The molecule has 1 fully saturated rings. The van der Waals surface area contributed by atoms with E-state index in [0.717, 1.165) is 16.4 Å². The Morgan fingerprint density at radius 1 is 1.38 bits per heavy atom. The molecule has 1 unspecified atom stereocenters. The molecular weight excluding hydrogens is 511 g/mol. The number of aromatic nitrogens is 2. The van der Waals surface area contributed by atoms with Crippen LogP contribution in [0.5, 0.6) is 0 Å². The third-order valence-corrected chi connectivity index (χ3v) is 7.25. The molecule has 1 N–H and O–H groups in total. The minimum absolute atomic E-state index is 0.135. The highest BCUT2D eigenvalue weighted by Crippen LogP contribution is 2.35. The first-order chi connectivity index (χ1) is 16.1. The van der Waals surface area contributed by atoms with E-state index in [1.165, 1.54) is 6.92 Å². The molecule has 3 heterocycles.